The van der Waals surface area contributed by atoms with Gasteiger partial charge < -0.3 is 10.1 Å². The van der Waals surface area contributed by atoms with Crippen LogP contribution in [0.4, 0.5) is 0 Å². The third-order valence-electron chi connectivity index (χ3n) is 3.29. The molecule has 2 aromatic rings. The molecule has 0 radical (unpaired) electrons. The van der Waals surface area contributed by atoms with Gasteiger partial charge >= 0.3 is 0 Å². The number of hydrogen-bond acceptors (Lipinski definition) is 3. The van der Waals surface area contributed by atoms with Crippen LogP contribution in [0.25, 0.3) is 0 Å². The van der Waals surface area contributed by atoms with E-state index in [2.05, 4.69) is 11.4 Å². The zero-order valence-corrected chi connectivity index (χ0v) is 15.1. The minimum absolute atomic E-state index is 0.0787. The van der Waals surface area contributed by atoms with Gasteiger partial charge in [-0.15, -0.1) is 0 Å². The Hall–Kier alpha value is -1.65. The third-order valence-corrected chi connectivity index (χ3v) is 4.55. The van der Waals surface area contributed by atoms with Crippen molar-refractivity contribution in [1.82, 2.24) is 5.32 Å². The monoisotopic (exact) mass is 363 g/mol. The average molecular weight is 364 g/mol. The predicted molar refractivity (Wildman–Crippen MR) is 102 cm³/mol. The fourth-order valence-corrected chi connectivity index (χ4v) is 3.13. The number of halogens is 1. The summed E-state index contributed by atoms with van der Waals surface area (Å²) in [6.45, 7) is 1.24. The summed E-state index contributed by atoms with van der Waals surface area (Å²) in [7, 11) is 0. The molecule has 0 heterocycles. The molecule has 0 aliphatic rings. The maximum Gasteiger partial charge on any atom is 0.220 e. The second-order valence-electron chi connectivity index (χ2n) is 5.30. The molecule has 128 valence electrons. The van der Waals surface area contributed by atoms with Gasteiger partial charge in [0, 0.05) is 29.5 Å². The van der Waals surface area contributed by atoms with Crippen LogP contribution in [0.3, 0.4) is 0 Å². The van der Waals surface area contributed by atoms with Crippen LogP contribution < -0.4 is 10.1 Å². The standard InChI is InChI=1S/C19H22ClNO2S/c20-17-7-4-6-16(14-17)15-24-13-11-21-19(22)10-5-12-23-18-8-2-1-3-9-18/h1-4,6-9,14H,5,10-13,15H2,(H,21,22). The molecule has 0 atom stereocenters. The lowest BCUT2D eigenvalue weighted by atomic mass is 10.2. The maximum absolute atomic E-state index is 11.7. The molecule has 0 aliphatic heterocycles. The van der Waals surface area contributed by atoms with Gasteiger partial charge in [0.05, 0.1) is 6.61 Å². The average Bonchev–Trinajstić information content (AvgIpc) is 2.59. The van der Waals surface area contributed by atoms with Crippen LogP contribution in [0.5, 0.6) is 5.75 Å². The fourth-order valence-electron chi connectivity index (χ4n) is 2.11. The Morgan fingerprint density at radius 1 is 1.12 bits per heavy atom. The minimum Gasteiger partial charge on any atom is -0.494 e. The highest BCUT2D eigenvalue weighted by atomic mass is 35.5. The van der Waals surface area contributed by atoms with Gasteiger partial charge in [-0.1, -0.05) is 41.9 Å². The van der Waals surface area contributed by atoms with Crippen molar-refractivity contribution < 1.29 is 9.53 Å². The third kappa shape index (κ3) is 7.75. The van der Waals surface area contributed by atoms with Gasteiger partial charge in [-0.3, -0.25) is 4.79 Å². The topological polar surface area (TPSA) is 38.3 Å². The molecule has 0 unspecified atom stereocenters. The van der Waals surface area contributed by atoms with Crippen molar-refractivity contribution in [2.24, 2.45) is 0 Å². The molecule has 0 saturated heterocycles. The van der Waals surface area contributed by atoms with E-state index in [0.29, 0.717) is 19.6 Å². The van der Waals surface area contributed by atoms with Crippen LogP contribution in [0.15, 0.2) is 54.6 Å². The molecular formula is C19H22ClNO2S. The summed E-state index contributed by atoms with van der Waals surface area (Å²) in [6, 6.07) is 17.5. The first kappa shape index (κ1) is 18.7. The highest BCUT2D eigenvalue weighted by Gasteiger charge is 2.01. The van der Waals surface area contributed by atoms with Crippen LogP contribution in [-0.4, -0.2) is 24.8 Å². The molecule has 1 amide bonds. The van der Waals surface area contributed by atoms with E-state index in [0.717, 1.165) is 28.7 Å². The molecule has 24 heavy (non-hydrogen) atoms. The van der Waals surface area contributed by atoms with Crippen LogP contribution in [0.2, 0.25) is 5.02 Å². The summed E-state index contributed by atoms with van der Waals surface area (Å²) in [5.74, 6) is 2.71. The van der Waals surface area contributed by atoms with Crippen molar-refractivity contribution in [2.45, 2.75) is 18.6 Å². The number of amides is 1. The van der Waals surface area contributed by atoms with Gasteiger partial charge in [-0.25, -0.2) is 0 Å². The number of para-hydroxylation sites is 1. The van der Waals surface area contributed by atoms with Crippen LogP contribution in [-0.2, 0) is 10.5 Å². The van der Waals surface area contributed by atoms with E-state index in [1.54, 1.807) is 11.8 Å². The molecule has 0 bridgehead atoms. The first-order valence-corrected chi connectivity index (χ1v) is 9.54. The van der Waals surface area contributed by atoms with Crippen molar-refractivity contribution in [2.75, 3.05) is 18.9 Å². The number of ether oxygens (including phenoxy) is 1. The van der Waals surface area contributed by atoms with E-state index in [1.165, 1.54) is 5.56 Å². The molecule has 0 aliphatic carbocycles. The fraction of sp³-hybridized carbons (Fsp3) is 0.316. The lowest BCUT2D eigenvalue weighted by Crippen LogP contribution is -2.25. The lowest BCUT2D eigenvalue weighted by molar-refractivity contribution is -0.121. The van der Waals surface area contributed by atoms with E-state index in [1.807, 2.05) is 48.5 Å². The van der Waals surface area contributed by atoms with Crippen LogP contribution in [0, 0.1) is 0 Å². The summed E-state index contributed by atoms with van der Waals surface area (Å²) < 4.78 is 5.56. The molecular weight excluding hydrogens is 342 g/mol. The van der Waals surface area contributed by atoms with Crippen molar-refractivity contribution in [1.29, 1.82) is 0 Å². The molecule has 0 fully saturated rings. The van der Waals surface area contributed by atoms with Gasteiger partial charge in [0.2, 0.25) is 5.91 Å². The van der Waals surface area contributed by atoms with Crippen molar-refractivity contribution in [3.63, 3.8) is 0 Å². The molecule has 2 aromatic carbocycles. The number of carbonyl (C=O) groups is 1. The predicted octanol–water partition coefficient (Wildman–Crippen LogP) is 4.55. The van der Waals surface area contributed by atoms with Gasteiger partial charge in [0.25, 0.3) is 0 Å². The minimum atomic E-state index is 0.0787. The first-order chi connectivity index (χ1) is 11.7. The molecule has 0 aromatic heterocycles. The highest BCUT2D eigenvalue weighted by Crippen LogP contribution is 2.16. The number of nitrogens with one attached hydrogen (secondary N) is 1. The van der Waals surface area contributed by atoms with E-state index < -0.39 is 0 Å². The molecule has 3 nitrogen and oxygen atoms in total. The zero-order chi connectivity index (χ0) is 17.0. The summed E-state index contributed by atoms with van der Waals surface area (Å²) in [6.07, 6.45) is 1.21. The summed E-state index contributed by atoms with van der Waals surface area (Å²) >= 11 is 7.73. The van der Waals surface area contributed by atoms with Crippen molar-refractivity contribution in [3.8, 4) is 5.75 Å². The van der Waals surface area contributed by atoms with Crippen LogP contribution >= 0.6 is 23.4 Å². The van der Waals surface area contributed by atoms with E-state index >= 15 is 0 Å². The van der Waals surface area contributed by atoms with Gasteiger partial charge in [-0.05, 0) is 36.2 Å². The molecule has 0 saturated carbocycles. The van der Waals surface area contributed by atoms with E-state index in [9.17, 15) is 4.79 Å². The second kappa shape index (κ2) is 11.0. The lowest BCUT2D eigenvalue weighted by Gasteiger charge is -2.07. The first-order valence-electron chi connectivity index (χ1n) is 8.01. The Morgan fingerprint density at radius 3 is 2.75 bits per heavy atom. The largest absolute Gasteiger partial charge is 0.494 e. The summed E-state index contributed by atoms with van der Waals surface area (Å²) in [5.41, 5.74) is 1.21. The summed E-state index contributed by atoms with van der Waals surface area (Å²) in [5, 5.41) is 3.70. The van der Waals surface area contributed by atoms with Gasteiger partial charge in [0.15, 0.2) is 0 Å². The van der Waals surface area contributed by atoms with Crippen LogP contribution in [0.1, 0.15) is 18.4 Å². The number of rotatable bonds is 10. The quantitative estimate of drug-likeness (QED) is 0.629. The SMILES string of the molecule is O=C(CCCOc1ccccc1)NCCSCc1cccc(Cl)c1. The molecule has 1 N–H and O–H groups in total. The normalized spacial score (nSPS) is 10.4. The van der Waals surface area contributed by atoms with Gasteiger partial charge in [0.1, 0.15) is 5.75 Å². The number of carbonyl (C=O) groups excluding carboxylic acids is 1. The Labute approximate surface area is 152 Å². The Morgan fingerprint density at radius 2 is 1.96 bits per heavy atom. The maximum atomic E-state index is 11.7. The zero-order valence-electron chi connectivity index (χ0n) is 13.5. The van der Waals surface area contributed by atoms with E-state index in [4.69, 9.17) is 16.3 Å². The molecule has 2 rings (SSSR count). The van der Waals surface area contributed by atoms with E-state index in [-0.39, 0.29) is 5.91 Å². The molecule has 5 heteroatoms. The highest BCUT2D eigenvalue weighted by molar-refractivity contribution is 7.98. The number of benzene rings is 2. The number of hydrogen-bond donors (Lipinski definition) is 1. The Kier molecular flexibility index (Phi) is 8.56. The summed E-state index contributed by atoms with van der Waals surface area (Å²) in [4.78, 5) is 11.7. The van der Waals surface area contributed by atoms with Crippen molar-refractivity contribution >= 4 is 29.3 Å². The molecule has 0 spiro atoms. The Balaban J connectivity index is 1.48. The van der Waals surface area contributed by atoms with Crippen molar-refractivity contribution in [3.05, 3.63) is 65.2 Å². The Bertz CT molecular complexity index is 622. The smallest absolute Gasteiger partial charge is 0.220 e. The second-order valence-corrected chi connectivity index (χ2v) is 6.84. The number of thioether (sulfide) groups is 1. The van der Waals surface area contributed by atoms with Gasteiger partial charge in [-0.2, -0.15) is 11.8 Å².